The molecule has 1 fully saturated rings. The molecule has 1 aliphatic carbocycles. The van der Waals surface area contributed by atoms with Crippen LogP contribution in [0, 0.1) is 5.92 Å². The second kappa shape index (κ2) is 4.40. The topological polar surface area (TPSA) is 41.5 Å². The molecule has 0 heterocycles. The Bertz CT molecular complexity index is 149. The van der Waals surface area contributed by atoms with Crippen LogP contribution >= 0.6 is 0 Å². The quantitative estimate of drug-likeness (QED) is 0.645. The molecule has 1 rings (SSSR count). The molecule has 3 nitrogen and oxygen atoms in total. The van der Waals surface area contributed by atoms with Crippen LogP contribution in [-0.4, -0.2) is 37.0 Å². The summed E-state index contributed by atoms with van der Waals surface area (Å²) in [5, 5.41) is 12.9. The van der Waals surface area contributed by atoms with Gasteiger partial charge in [-0.1, -0.05) is 0 Å². The SMILES string of the molecule is COCC(NCC(C)(C)O)C1CC1. The van der Waals surface area contributed by atoms with Crippen molar-refractivity contribution in [2.24, 2.45) is 5.92 Å². The molecule has 0 radical (unpaired) electrons. The van der Waals surface area contributed by atoms with Crippen molar-refractivity contribution in [1.82, 2.24) is 5.32 Å². The van der Waals surface area contributed by atoms with E-state index in [0.717, 1.165) is 12.5 Å². The fourth-order valence-corrected chi connectivity index (χ4v) is 1.42. The molecule has 0 aromatic rings. The lowest BCUT2D eigenvalue weighted by atomic mass is 10.1. The summed E-state index contributed by atoms with van der Waals surface area (Å²) in [4.78, 5) is 0. The highest BCUT2D eigenvalue weighted by atomic mass is 16.5. The molecule has 78 valence electrons. The predicted octanol–water partition coefficient (Wildman–Crippen LogP) is 0.772. The fraction of sp³-hybridized carbons (Fsp3) is 1.00. The van der Waals surface area contributed by atoms with Gasteiger partial charge in [-0.3, -0.25) is 0 Å². The Kier molecular flexibility index (Phi) is 3.71. The number of methoxy groups -OCH3 is 1. The number of hydrogen-bond donors (Lipinski definition) is 2. The van der Waals surface area contributed by atoms with E-state index in [2.05, 4.69) is 5.32 Å². The van der Waals surface area contributed by atoms with Crippen LogP contribution in [0.5, 0.6) is 0 Å². The predicted molar refractivity (Wildman–Crippen MR) is 52.7 cm³/mol. The lowest BCUT2D eigenvalue weighted by Crippen LogP contribution is -2.43. The minimum absolute atomic E-state index is 0.427. The second-order valence-electron chi connectivity index (χ2n) is 4.59. The Balaban J connectivity index is 2.22. The van der Waals surface area contributed by atoms with Gasteiger partial charge >= 0.3 is 0 Å². The number of aliphatic hydroxyl groups is 1. The van der Waals surface area contributed by atoms with Gasteiger partial charge in [0.2, 0.25) is 0 Å². The minimum Gasteiger partial charge on any atom is -0.389 e. The van der Waals surface area contributed by atoms with Crippen LogP contribution in [0.3, 0.4) is 0 Å². The van der Waals surface area contributed by atoms with Gasteiger partial charge in [0.05, 0.1) is 12.2 Å². The van der Waals surface area contributed by atoms with E-state index >= 15 is 0 Å². The van der Waals surface area contributed by atoms with Gasteiger partial charge in [0, 0.05) is 19.7 Å². The highest BCUT2D eigenvalue weighted by Gasteiger charge is 2.31. The third-order valence-electron chi connectivity index (χ3n) is 2.33. The zero-order valence-electron chi connectivity index (χ0n) is 8.84. The second-order valence-corrected chi connectivity index (χ2v) is 4.59. The molecule has 0 aliphatic heterocycles. The molecular formula is C10H21NO2. The molecule has 0 spiro atoms. The first-order valence-corrected chi connectivity index (χ1v) is 4.97. The summed E-state index contributed by atoms with van der Waals surface area (Å²) in [5.41, 5.74) is -0.624. The summed E-state index contributed by atoms with van der Waals surface area (Å²) in [6.45, 7) is 5.02. The maximum Gasteiger partial charge on any atom is 0.0715 e. The average Bonchev–Trinajstić information content (AvgIpc) is 2.78. The number of hydrogen-bond acceptors (Lipinski definition) is 3. The van der Waals surface area contributed by atoms with Crippen LogP contribution in [0.4, 0.5) is 0 Å². The molecular weight excluding hydrogens is 166 g/mol. The molecule has 0 saturated heterocycles. The van der Waals surface area contributed by atoms with Crippen LogP contribution in [-0.2, 0) is 4.74 Å². The molecule has 0 aromatic heterocycles. The summed E-state index contributed by atoms with van der Waals surface area (Å²) in [6, 6.07) is 0.427. The lowest BCUT2D eigenvalue weighted by Gasteiger charge is -2.23. The highest BCUT2D eigenvalue weighted by Crippen LogP contribution is 2.32. The Morgan fingerprint density at radius 3 is 2.54 bits per heavy atom. The highest BCUT2D eigenvalue weighted by molar-refractivity contribution is 4.87. The molecule has 1 saturated carbocycles. The van der Waals surface area contributed by atoms with Crippen molar-refractivity contribution in [2.75, 3.05) is 20.3 Å². The molecule has 13 heavy (non-hydrogen) atoms. The van der Waals surface area contributed by atoms with Crippen molar-refractivity contribution in [3.63, 3.8) is 0 Å². The molecule has 1 atom stereocenters. The Morgan fingerprint density at radius 1 is 1.54 bits per heavy atom. The molecule has 1 unspecified atom stereocenters. The van der Waals surface area contributed by atoms with E-state index in [9.17, 15) is 5.11 Å². The molecule has 0 amide bonds. The third kappa shape index (κ3) is 4.60. The number of ether oxygens (including phenoxy) is 1. The van der Waals surface area contributed by atoms with Gasteiger partial charge in [-0.2, -0.15) is 0 Å². The zero-order valence-corrected chi connectivity index (χ0v) is 8.84. The zero-order chi connectivity index (χ0) is 9.90. The first-order chi connectivity index (χ1) is 6.03. The molecule has 0 bridgehead atoms. The van der Waals surface area contributed by atoms with E-state index in [1.54, 1.807) is 7.11 Å². The van der Waals surface area contributed by atoms with E-state index in [0.29, 0.717) is 12.6 Å². The van der Waals surface area contributed by atoms with Crippen LogP contribution in [0.1, 0.15) is 26.7 Å². The Morgan fingerprint density at radius 2 is 2.15 bits per heavy atom. The first-order valence-electron chi connectivity index (χ1n) is 4.97. The van der Waals surface area contributed by atoms with Crippen molar-refractivity contribution in [3.05, 3.63) is 0 Å². The van der Waals surface area contributed by atoms with E-state index in [1.807, 2.05) is 13.8 Å². The number of rotatable bonds is 6. The summed E-state index contributed by atoms with van der Waals surface area (Å²) >= 11 is 0. The van der Waals surface area contributed by atoms with E-state index in [1.165, 1.54) is 12.8 Å². The first kappa shape index (κ1) is 11.0. The Hall–Kier alpha value is -0.120. The van der Waals surface area contributed by atoms with Crippen molar-refractivity contribution in [3.8, 4) is 0 Å². The van der Waals surface area contributed by atoms with Crippen molar-refractivity contribution < 1.29 is 9.84 Å². The molecule has 1 aliphatic rings. The summed E-state index contributed by atoms with van der Waals surface area (Å²) in [6.07, 6.45) is 2.60. The molecule has 3 heteroatoms. The monoisotopic (exact) mass is 187 g/mol. The van der Waals surface area contributed by atoms with E-state index in [4.69, 9.17) is 4.74 Å². The van der Waals surface area contributed by atoms with Crippen LogP contribution < -0.4 is 5.32 Å². The van der Waals surface area contributed by atoms with Crippen molar-refractivity contribution in [2.45, 2.75) is 38.3 Å². The van der Waals surface area contributed by atoms with Crippen molar-refractivity contribution >= 4 is 0 Å². The largest absolute Gasteiger partial charge is 0.389 e. The van der Waals surface area contributed by atoms with Gasteiger partial charge in [0.15, 0.2) is 0 Å². The van der Waals surface area contributed by atoms with Gasteiger partial charge in [0.25, 0.3) is 0 Å². The fourth-order valence-electron chi connectivity index (χ4n) is 1.42. The Labute approximate surface area is 80.5 Å². The van der Waals surface area contributed by atoms with E-state index in [-0.39, 0.29) is 0 Å². The molecule has 0 aromatic carbocycles. The number of nitrogens with one attached hydrogen (secondary N) is 1. The van der Waals surface area contributed by atoms with Gasteiger partial charge in [-0.15, -0.1) is 0 Å². The maximum absolute atomic E-state index is 9.53. The standard InChI is InChI=1S/C10H21NO2/c1-10(2,12)7-11-9(6-13-3)8-4-5-8/h8-9,11-12H,4-7H2,1-3H3. The van der Waals surface area contributed by atoms with Gasteiger partial charge in [-0.25, -0.2) is 0 Å². The van der Waals surface area contributed by atoms with Crippen molar-refractivity contribution in [1.29, 1.82) is 0 Å². The van der Waals surface area contributed by atoms with Gasteiger partial charge in [-0.05, 0) is 32.6 Å². The maximum atomic E-state index is 9.53. The normalized spacial score (nSPS) is 20.3. The van der Waals surface area contributed by atoms with Gasteiger partial charge < -0.3 is 15.2 Å². The third-order valence-corrected chi connectivity index (χ3v) is 2.33. The van der Waals surface area contributed by atoms with Gasteiger partial charge in [0.1, 0.15) is 0 Å². The van der Waals surface area contributed by atoms with Crippen LogP contribution in [0.25, 0.3) is 0 Å². The lowest BCUT2D eigenvalue weighted by molar-refractivity contribution is 0.0678. The summed E-state index contributed by atoms with van der Waals surface area (Å²) in [5.74, 6) is 0.766. The van der Waals surface area contributed by atoms with Crippen LogP contribution in [0.2, 0.25) is 0 Å². The smallest absolute Gasteiger partial charge is 0.0715 e. The average molecular weight is 187 g/mol. The summed E-state index contributed by atoms with van der Waals surface area (Å²) in [7, 11) is 1.72. The van der Waals surface area contributed by atoms with Crippen LogP contribution in [0.15, 0.2) is 0 Å². The van der Waals surface area contributed by atoms with E-state index < -0.39 is 5.60 Å². The summed E-state index contributed by atoms with van der Waals surface area (Å²) < 4.78 is 5.13. The molecule has 2 N–H and O–H groups in total. The minimum atomic E-state index is -0.624.